The largest absolute Gasteiger partial charge is 0.310 e. The molecule has 1 nitrogen and oxygen atoms in total. The van der Waals surface area contributed by atoms with Gasteiger partial charge in [0.1, 0.15) is 0 Å². The molecule has 1 atom stereocenters. The molecule has 0 N–H and O–H groups in total. The summed E-state index contributed by atoms with van der Waals surface area (Å²) < 4.78 is 2.66. The monoisotopic (exact) mass is 715 g/mol. The SMILES string of the molecule is c1ccc(N(c2ccc3c(c2)C2(c4ccccc4-c4ccccc4-3)c3ccccc3-c3c2ccc2sc4ccccc4c32)c2cccc3ccccc23)cc1. The van der Waals surface area contributed by atoms with E-state index in [4.69, 9.17) is 0 Å². The second kappa shape index (κ2) is 11.6. The zero-order valence-electron chi connectivity index (χ0n) is 29.9. The Kier molecular flexibility index (Phi) is 6.49. The van der Waals surface area contributed by atoms with Crippen LogP contribution in [-0.2, 0) is 5.41 Å². The van der Waals surface area contributed by atoms with Crippen molar-refractivity contribution in [1.29, 1.82) is 0 Å². The van der Waals surface area contributed by atoms with E-state index in [1.54, 1.807) is 0 Å². The minimum Gasteiger partial charge on any atom is -0.310 e. The van der Waals surface area contributed by atoms with Gasteiger partial charge in [0, 0.05) is 36.9 Å². The number of benzene rings is 9. The quantitative estimate of drug-likeness (QED) is 0.176. The van der Waals surface area contributed by atoms with Crippen LogP contribution in [0.15, 0.2) is 200 Å². The topological polar surface area (TPSA) is 3.24 Å². The van der Waals surface area contributed by atoms with Crippen molar-refractivity contribution in [3.8, 4) is 33.4 Å². The van der Waals surface area contributed by atoms with Gasteiger partial charge in [-0.25, -0.2) is 0 Å². The Labute approximate surface area is 324 Å². The Morgan fingerprint density at radius 1 is 0.364 bits per heavy atom. The summed E-state index contributed by atoms with van der Waals surface area (Å²) in [5.41, 5.74) is 15.9. The second-order valence-electron chi connectivity index (χ2n) is 14.7. The summed E-state index contributed by atoms with van der Waals surface area (Å²) in [5.74, 6) is 0. The minimum absolute atomic E-state index is 0.592. The van der Waals surface area contributed by atoms with Crippen LogP contribution in [0.1, 0.15) is 22.3 Å². The lowest BCUT2D eigenvalue weighted by atomic mass is 9.65. The Bertz CT molecular complexity index is 3170. The van der Waals surface area contributed by atoms with Gasteiger partial charge >= 0.3 is 0 Å². The van der Waals surface area contributed by atoms with E-state index in [1.165, 1.54) is 86.6 Å². The van der Waals surface area contributed by atoms with Gasteiger partial charge in [-0.15, -0.1) is 11.3 Å². The van der Waals surface area contributed by atoms with Crippen LogP contribution in [0.2, 0.25) is 0 Å². The molecule has 0 radical (unpaired) electrons. The van der Waals surface area contributed by atoms with Gasteiger partial charge in [-0.05, 0) is 103 Å². The lowest BCUT2D eigenvalue weighted by Crippen LogP contribution is -2.29. The predicted molar refractivity (Wildman–Crippen MR) is 233 cm³/mol. The maximum absolute atomic E-state index is 2.52. The molecule has 0 saturated heterocycles. The second-order valence-corrected chi connectivity index (χ2v) is 15.8. The fourth-order valence-electron chi connectivity index (χ4n) is 9.93. The van der Waals surface area contributed by atoms with Crippen molar-refractivity contribution in [3.05, 3.63) is 222 Å². The number of anilines is 3. The highest BCUT2D eigenvalue weighted by atomic mass is 32.1. The maximum Gasteiger partial charge on any atom is 0.0726 e. The van der Waals surface area contributed by atoms with E-state index in [2.05, 4.69) is 205 Å². The molecule has 1 aromatic heterocycles. The molecule has 0 fully saturated rings. The summed E-state index contributed by atoms with van der Waals surface area (Å²) in [6.07, 6.45) is 0. The Hall–Kier alpha value is -6.74. The van der Waals surface area contributed by atoms with Crippen molar-refractivity contribution in [2.24, 2.45) is 0 Å². The molecule has 9 aromatic carbocycles. The van der Waals surface area contributed by atoms with Crippen molar-refractivity contribution < 1.29 is 0 Å². The first-order valence-corrected chi connectivity index (χ1v) is 19.8. The molecular formula is C53H33NS. The number of para-hydroxylation sites is 1. The summed E-state index contributed by atoms with van der Waals surface area (Å²) in [4.78, 5) is 2.45. The molecule has 10 aromatic rings. The number of thiophene rings is 1. The fourth-order valence-corrected chi connectivity index (χ4v) is 11.0. The predicted octanol–water partition coefficient (Wildman–Crippen LogP) is 14.7. The molecule has 2 aliphatic carbocycles. The smallest absolute Gasteiger partial charge is 0.0726 e. The van der Waals surface area contributed by atoms with E-state index in [9.17, 15) is 0 Å². The van der Waals surface area contributed by atoms with Gasteiger partial charge in [-0.1, -0.05) is 158 Å². The van der Waals surface area contributed by atoms with E-state index < -0.39 is 5.41 Å². The Morgan fingerprint density at radius 3 is 1.80 bits per heavy atom. The normalized spacial score (nSPS) is 15.0. The van der Waals surface area contributed by atoms with Crippen LogP contribution in [0.3, 0.4) is 0 Å². The van der Waals surface area contributed by atoms with Gasteiger partial charge in [0.25, 0.3) is 0 Å². The molecule has 12 rings (SSSR count). The number of hydrogen-bond acceptors (Lipinski definition) is 2. The van der Waals surface area contributed by atoms with Crippen molar-refractivity contribution in [3.63, 3.8) is 0 Å². The van der Waals surface area contributed by atoms with Crippen molar-refractivity contribution >= 4 is 59.3 Å². The molecule has 0 saturated carbocycles. The zero-order chi connectivity index (χ0) is 36.1. The van der Waals surface area contributed by atoms with Crippen LogP contribution >= 0.6 is 11.3 Å². The molecule has 2 aliphatic rings. The van der Waals surface area contributed by atoms with Crippen molar-refractivity contribution in [1.82, 2.24) is 0 Å². The van der Waals surface area contributed by atoms with Crippen LogP contribution in [0.5, 0.6) is 0 Å². The average Bonchev–Trinajstić information content (AvgIpc) is 3.75. The van der Waals surface area contributed by atoms with Gasteiger partial charge in [0.05, 0.1) is 11.1 Å². The van der Waals surface area contributed by atoms with Gasteiger partial charge in [0.15, 0.2) is 0 Å². The third-order valence-electron chi connectivity index (χ3n) is 12.1. The summed E-state index contributed by atoms with van der Waals surface area (Å²) in [6.45, 7) is 0. The first kappa shape index (κ1) is 30.7. The standard InChI is InChI=1S/C53H33NS/c1-2-17-35(18-3-1)54(48-27-14-16-34-15-4-5-19-37(34)48)36-29-30-41-39-21-7-6-20-38(39)40-22-8-11-25-44(40)53(47(41)33-36)45-26-12-9-23-42(45)51-46(53)31-32-50-52(51)43-24-10-13-28-49(43)55-50/h1-33H. The van der Waals surface area contributed by atoms with Crippen molar-refractivity contribution in [2.45, 2.75) is 5.41 Å². The molecule has 1 spiro atoms. The number of hydrogen-bond donors (Lipinski definition) is 0. The summed E-state index contributed by atoms with van der Waals surface area (Å²) in [7, 11) is 0. The molecule has 55 heavy (non-hydrogen) atoms. The van der Waals surface area contributed by atoms with Crippen molar-refractivity contribution in [2.75, 3.05) is 4.90 Å². The molecule has 256 valence electrons. The third kappa shape index (κ3) is 4.18. The highest BCUT2D eigenvalue weighted by Gasteiger charge is 2.50. The van der Waals surface area contributed by atoms with Crippen LogP contribution in [0.25, 0.3) is 64.3 Å². The van der Waals surface area contributed by atoms with Crippen LogP contribution < -0.4 is 4.90 Å². The first-order chi connectivity index (χ1) is 27.3. The van der Waals surface area contributed by atoms with Gasteiger partial charge < -0.3 is 4.90 Å². The summed E-state index contributed by atoms with van der Waals surface area (Å²) in [6, 6.07) is 74.7. The van der Waals surface area contributed by atoms with E-state index in [0.717, 1.165) is 17.1 Å². The summed E-state index contributed by atoms with van der Waals surface area (Å²) in [5, 5.41) is 5.13. The maximum atomic E-state index is 2.52. The Balaban J connectivity index is 1.26. The van der Waals surface area contributed by atoms with E-state index in [0.29, 0.717) is 0 Å². The van der Waals surface area contributed by atoms with Gasteiger partial charge in [-0.2, -0.15) is 0 Å². The molecular weight excluding hydrogens is 683 g/mol. The molecule has 2 heteroatoms. The van der Waals surface area contributed by atoms with Gasteiger partial charge in [0.2, 0.25) is 0 Å². The first-order valence-electron chi connectivity index (χ1n) is 19.0. The van der Waals surface area contributed by atoms with E-state index >= 15 is 0 Å². The van der Waals surface area contributed by atoms with E-state index in [-0.39, 0.29) is 0 Å². The highest BCUT2D eigenvalue weighted by molar-refractivity contribution is 7.26. The number of fused-ring (bicyclic) bond motifs is 17. The number of rotatable bonds is 3. The van der Waals surface area contributed by atoms with Crippen LogP contribution in [0, 0.1) is 0 Å². The summed E-state index contributed by atoms with van der Waals surface area (Å²) >= 11 is 1.90. The molecule has 0 bridgehead atoms. The van der Waals surface area contributed by atoms with E-state index in [1.807, 2.05) is 11.3 Å². The zero-order valence-corrected chi connectivity index (χ0v) is 30.7. The van der Waals surface area contributed by atoms with Gasteiger partial charge in [-0.3, -0.25) is 0 Å². The molecule has 0 amide bonds. The van der Waals surface area contributed by atoms with Crippen LogP contribution in [0.4, 0.5) is 17.1 Å². The average molecular weight is 716 g/mol. The molecule has 0 aliphatic heterocycles. The lowest BCUT2D eigenvalue weighted by Gasteiger charge is -2.36. The Morgan fingerprint density at radius 2 is 0.982 bits per heavy atom. The minimum atomic E-state index is -0.592. The van der Waals surface area contributed by atoms with Crippen LogP contribution in [-0.4, -0.2) is 0 Å². The third-order valence-corrected chi connectivity index (χ3v) is 13.2. The number of nitrogens with zero attached hydrogens (tertiary/aromatic N) is 1. The molecule has 1 heterocycles. The highest BCUT2D eigenvalue weighted by Crippen LogP contribution is 2.64. The molecule has 1 unspecified atom stereocenters. The fraction of sp³-hybridized carbons (Fsp3) is 0.0189. The lowest BCUT2D eigenvalue weighted by molar-refractivity contribution is 0.776.